The van der Waals surface area contributed by atoms with Crippen molar-refractivity contribution in [2.45, 2.75) is 26.9 Å². The molecule has 0 fully saturated rings. The molecule has 0 saturated heterocycles. The Kier molecular flexibility index (Phi) is 4.07. The molecule has 0 bridgehead atoms. The molecule has 2 heterocycles. The fourth-order valence-corrected chi connectivity index (χ4v) is 3.06. The molecule has 0 aliphatic carbocycles. The molecular formula is C20H21N5. The zero-order chi connectivity index (χ0) is 17.2. The Morgan fingerprint density at radius 1 is 1.04 bits per heavy atom. The number of hydrogen-bond donors (Lipinski definition) is 2. The molecule has 0 aliphatic heterocycles. The zero-order valence-corrected chi connectivity index (χ0v) is 14.5. The minimum Gasteiger partial charge on any atom is -0.341 e. The molecule has 2 aromatic carbocycles. The monoisotopic (exact) mass is 331 g/mol. The summed E-state index contributed by atoms with van der Waals surface area (Å²) in [4.78, 5) is 8.14. The summed E-state index contributed by atoms with van der Waals surface area (Å²) in [7, 11) is 0. The Morgan fingerprint density at radius 3 is 2.76 bits per heavy atom. The summed E-state index contributed by atoms with van der Waals surface area (Å²) in [6.07, 6.45) is 3.76. The third kappa shape index (κ3) is 3.06. The minimum atomic E-state index is 0.695. The van der Waals surface area contributed by atoms with Crippen LogP contribution < -0.4 is 5.32 Å². The first-order valence-corrected chi connectivity index (χ1v) is 8.46. The van der Waals surface area contributed by atoms with Crippen molar-refractivity contribution in [3.05, 3.63) is 77.4 Å². The summed E-state index contributed by atoms with van der Waals surface area (Å²) in [6, 6.07) is 14.5. The maximum absolute atomic E-state index is 4.74. The molecule has 2 N–H and O–H groups in total. The van der Waals surface area contributed by atoms with Crippen molar-refractivity contribution >= 4 is 11.0 Å². The van der Waals surface area contributed by atoms with E-state index in [1.54, 1.807) is 6.20 Å². The highest BCUT2D eigenvalue weighted by Crippen LogP contribution is 2.19. The van der Waals surface area contributed by atoms with E-state index in [1.165, 1.54) is 16.7 Å². The maximum Gasteiger partial charge on any atom is 0.121 e. The van der Waals surface area contributed by atoms with E-state index in [-0.39, 0.29) is 0 Å². The van der Waals surface area contributed by atoms with Crippen LogP contribution in [0.5, 0.6) is 0 Å². The minimum absolute atomic E-state index is 0.695. The second-order valence-electron chi connectivity index (χ2n) is 6.27. The number of benzene rings is 2. The quantitative estimate of drug-likeness (QED) is 0.587. The largest absolute Gasteiger partial charge is 0.341 e. The normalized spacial score (nSPS) is 11.3. The smallest absolute Gasteiger partial charge is 0.121 e. The summed E-state index contributed by atoms with van der Waals surface area (Å²) < 4.78 is 1.89. The molecule has 25 heavy (non-hydrogen) atoms. The molecule has 0 radical (unpaired) electrons. The number of aromatic amines is 1. The van der Waals surface area contributed by atoms with E-state index < -0.39 is 0 Å². The Balaban J connectivity index is 1.49. The van der Waals surface area contributed by atoms with Crippen LogP contribution in [0.3, 0.4) is 0 Å². The topological polar surface area (TPSA) is 58.5 Å². The summed E-state index contributed by atoms with van der Waals surface area (Å²) in [6.45, 7) is 5.69. The molecule has 0 saturated carbocycles. The lowest BCUT2D eigenvalue weighted by atomic mass is 10.1. The van der Waals surface area contributed by atoms with E-state index in [0.717, 1.165) is 29.1 Å². The van der Waals surface area contributed by atoms with Crippen molar-refractivity contribution in [2.75, 3.05) is 0 Å². The first-order chi connectivity index (χ1) is 12.2. The first kappa shape index (κ1) is 15.6. The van der Waals surface area contributed by atoms with Gasteiger partial charge >= 0.3 is 0 Å². The Morgan fingerprint density at radius 2 is 1.92 bits per heavy atom. The molecule has 5 heteroatoms. The van der Waals surface area contributed by atoms with E-state index in [4.69, 9.17) is 4.98 Å². The predicted octanol–water partition coefficient (Wildman–Crippen LogP) is 3.66. The molecule has 0 aliphatic rings. The molecule has 2 aromatic heterocycles. The lowest BCUT2D eigenvalue weighted by Gasteiger charge is -2.10. The number of aromatic nitrogens is 4. The van der Waals surface area contributed by atoms with Gasteiger partial charge in [-0.2, -0.15) is 5.10 Å². The maximum atomic E-state index is 4.74. The van der Waals surface area contributed by atoms with E-state index in [0.29, 0.717) is 6.54 Å². The van der Waals surface area contributed by atoms with Crippen LogP contribution in [0, 0.1) is 13.8 Å². The van der Waals surface area contributed by atoms with Gasteiger partial charge in [0, 0.05) is 18.9 Å². The fraction of sp³-hybridized carbons (Fsp3) is 0.200. The molecule has 0 atom stereocenters. The van der Waals surface area contributed by atoms with Gasteiger partial charge in [0.25, 0.3) is 0 Å². The number of fused-ring (bicyclic) bond motifs is 1. The lowest BCUT2D eigenvalue weighted by Crippen LogP contribution is -2.15. The summed E-state index contributed by atoms with van der Waals surface area (Å²) in [5.74, 6) is 0.959. The second kappa shape index (κ2) is 6.53. The number of rotatable bonds is 5. The zero-order valence-electron chi connectivity index (χ0n) is 14.5. The highest BCUT2D eigenvalue weighted by Gasteiger charge is 2.08. The van der Waals surface area contributed by atoms with Gasteiger partial charge in [-0.15, -0.1) is 0 Å². The number of nitrogens with zero attached hydrogens (tertiary/aromatic N) is 3. The van der Waals surface area contributed by atoms with Crippen molar-refractivity contribution < 1.29 is 0 Å². The molecule has 0 spiro atoms. The van der Waals surface area contributed by atoms with Gasteiger partial charge in [0.15, 0.2) is 0 Å². The molecule has 5 nitrogen and oxygen atoms in total. The van der Waals surface area contributed by atoms with Gasteiger partial charge in [0.1, 0.15) is 5.82 Å². The van der Waals surface area contributed by atoms with Gasteiger partial charge in [-0.05, 0) is 48.7 Å². The Bertz CT molecular complexity index is 998. The van der Waals surface area contributed by atoms with Gasteiger partial charge in [-0.25, -0.2) is 9.67 Å². The predicted molar refractivity (Wildman–Crippen MR) is 99.7 cm³/mol. The van der Waals surface area contributed by atoms with E-state index >= 15 is 0 Å². The molecule has 126 valence electrons. The second-order valence-corrected chi connectivity index (χ2v) is 6.27. The standard InChI is InChI=1S/C20H21N5/c1-14-8-9-17-20(15(14)2)24-19(23-17)13-21-12-16-6-3-4-7-18(16)25-11-5-10-22-25/h3-11,21H,12-13H2,1-2H3,(H,23,24). The number of nitrogens with one attached hydrogen (secondary N) is 2. The van der Waals surface area contributed by atoms with Crippen molar-refractivity contribution in [3.8, 4) is 5.69 Å². The van der Waals surface area contributed by atoms with Crippen molar-refractivity contribution in [1.29, 1.82) is 0 Å². The first-order valence-electron chi connectivity index (χ1n) is 8.46. The number of imidazole rings is 1. The summed E-state index contributed by atoms with van der Waals surface area (Å²) in [5, 5.41) is 7.81. The van der Waals surface area contributed by atoms with Gasteiger partial charge in [-0.3, -0.25) is 0 Å². The van der Waals surface area contributed by atoms with Crippen LogP contribution in [0.4, 0.5) is 0 Å². The van der Waals surface area contributed by atoms with Crippen LogP contribution in [0.1, 0.15) is 22.5 Å². The van der Waals surface area contributed by atoms with Crippen LogP contribution >= 0.6 is 0 Å². The molecule has 4 rings (SSSR count). The Labute approximate surface area is 146 Å². The fourth-order valence-electron chi connectivity index (χ4n) is 3.06. The highest BCUT2D eigenvalue weighted by atomic mass is 15.3. The molecule has 0 amide bonds. The van der Waals surface area contributed by atoms with Gasteiger partial charge in [0.05, 0.1) is 23.3 Å². The third-order valence-corrected chi connectivity index (χ3v) is 4.58. The van der Waals surface area contributed by atoms with Crippen LogP contribution in [-0.4, -0.2) is 19.7 Å². The van der Waals surface area contributed by atoms with Crippen molar-refractivity contribution in [3.63, 3.8) is 0 Å². The molecular weight excluding hydrogens is 310 g/mol. The van der Waals surface area contributed by atoms with Gasteiger partial charge < -0.3 is 10.3 Å². The van der Waals surface area contributed by atoms with Crippen LogP contribution in [0.25, 0.3) is 16.7 Å². The molecule has 4 aromatic rings. The van der Waals surface area contributed by atoms with Gasteiger partial charge in [0.2, 0.25) is 0 Å². The summed E-state index contributed by atoms with van der Waals surface area (Å²) in [5.41, 5.74) is 6.96. The third-order valence-electron chi connectivity index (χ3n) is 4.58. The molecule has 0 unspecified atom stereocenters. The van der Waals surface area contributed by atoms with Crippen LogP contribution in [-0.2, 0) is 13.1 Å². The number of hydrogen-bond acceptors (Lipinski definition) is 3. The van der Waals surface area contributed by atoms with Crippen LogP contribution in [0.2, 0.25) is 0 Å². The van der Waals surface area contributed by atoms with E-state index in [9.17, 15) is 0 Å². The number of para-hydroxylation sites is 1. The summed E-state index contributed by atoms with van der Waals surface area (Å²) >= 11 is 0. The average molecular weight is 331 g/mol. The van der Waals surface area contributed by atoms with E-state index in [2.05, 4.69) is 59.6 Å². The number of aryl methyl sites for hydroxylation is 2. The van der Waals surface area contributed by atoms with Crippen molar-refractivity contribution in [1.82, 2.24) is 25.1 Å². The van der Waals surface area contributed by atoms with Crippen LogP contribution in [0.15, 0.2) is 54.9 Å². The highest BCUT2D eigenvalue weighted by molar-refractivity contribution is 5.79. The average Bonchev–Trinajstić information content (AvgIpc) is 3.29. The Hall–Kier alpha value is -2.92. The van der Waals surface area contributed by atoms with Crippen molar-refractivity contribution in [2.24, 2.45) is 0 Å². The lowest BCUT2D eigenvalue weighted by molar-refractivity contribution is 0.665. The number of H-pyrrole nitrogens is 1. The van der Waals surface area contributed by atoms with Gasteiger partial charge in [-0.1, -0.05) is 24.3 Å². The van der Waals surface area contributed by atoms with E-state index in [1.807, 2.05) is 23.0 Å². The SMILES string of the molecule is Cc1ccc2[nH]c(CNCc3ccccc3-n3cccn3)nc2c1C.